The van der Waals surface area contributed by atoms with Crippen LogP contribution in [0.2, 0.25) is 0 Å². The highest BCUT2D eigenvalue weighted by atomic mass is 35.5. The maximum Gasteiger partial charge on any atom is 0.412 e. The van der Waals surface area contributed by atoms with Gasteiger partial charge in [0, 0.05) is 0 Å². The van der Waals surface area contributed by atoms with E-state index < -0.39 is 18.1 Å². The van der Waals surface area contributed by atoms with Crippen molar-refractivity contribution < 1.29 is 14.3 Å². The van der Waals surface area contributed by atoms with Crippen LogP contribution in [0.1, 0.15) is 6.42 Å². The number of halogens is 1. The maximum atomic E-state index is 10.8. The highest BCUT2D eigenvalue weighted by molar-refractivity contribution is 7.98. The Morgan fingerprint density at radius 2 is 2.08 bits per heavy atom. The third kappa shape index (κ3) is 7.89. The Morgan fingerprint density at radius 3 is 2.46 bits per heavy atom. The Hall–Kier alpha value is -0.460. The monoisotopic (exact) mass is 228 g/mol. The highest BCUT2D eigenvalue weighted by Crippen LogP contribution is 1.99. The van der Waals surface area contributed by atoms with Gasteiger partial charge in [0.05, 0.1) is 0 Å². The first-order chi connectivity index (χ1) is 5.57. The molecule has 0 aliphatic rings. The van der Waals surface area contributed by atoms with Crippen LogP contribution in [0, 0.1) is 0 Å². The third-order valence-corrected chi connectivity index (χ3v) is 1.78. The molecule has 0 saturated carbocycles. The van der Waals surface area contributed by atoms with Crippen molar-refractivity contribution in [1.82, 2.24) is 0 Å². The molecule has 7 heteroatoms. The standard InChI is InChI=1S/C6H12N2O3S.ClH/c1-12-3-2-4(7)5(9)11-6(8)10;/h4H,2-3,7H2,1H3,(H2,8,10);1H. The maximum absolute atomic E-state index is 10.8. The Labute approximate surface area is 87.0 Å². The zero-order valence-corrected chi connectivity index (χ0v) is 8.82. The van der Waals surface area contributed by atoms with Crippen LogP contribution >= 0.6 is 24.2 Å². The molecule has 0 aromatic carbocycles. The van der Waals surface area contributed by atoms with Crippen molar-refractivity contribution in [2.75, 3.05) is 12.0 Å². The van der Waals surface area contributed by atoms with Gasteiger partial charge in [-0.25, -0.2) is 9.59 Å². The smallest absolute Gasteiger partial charge is 0.375 e. The largest absolute Gasteiger partial charge is 0.412 e. The van der Waals surface area contributed by atoms with Gasteiger partial charge in [-0.05, 0) is 18.4 Å². The average Bonchev–Trinajstić information content (AvgIpc) is 1.98. The Morgan fingerprint density at radius 1 is 1.54 bits per heavy atom. The van der Waals surface area contributed by atoms with Gasteiger partial charge in [-0.15, -0.1) is 12.4 Å². The van der Waals surface area contributed by atoms with Crippen molar-refractivity contribution in [3.8, 4) is 0 Å². The van der Waals surface area contributed by atoms with Crippen molar-refractivity contribution in [3.05, 3.63) is 0 Å². The molecular formula is C6H13ClN2O3S. The lowest BCUT2D eigenvalue weighted by Crippen LogP contribution is -2.35. The molecule has 0 fully saturated rings. The van der Waals surface area contributed by atoms with Crippen LogP contribution in [-0.4, -0.2) is 30.1 Å². The number of hydrogen-bond acceptors (Lipinski definition) is 5. The second-order valence-electron chi connectivity index (χ2n) is 2.13. The number of esters is 1. The minimum Gasteiger partial charge on any atom is -0.375 e. The molecule has 4 N–H and O–H groups in total. The number of rotatable bonds is 4. The number of amides is 1. The molecule has 0 spiro atoms. The number of carbonyl (C=O) groups is 2. The molecule has 0 aliphatic heterocycles. The molecule has 0 aromatic heterocycles. The average molecular weight is 229 g/mol. The molecule has 0 aromatic rings. The van der Waals surface area contributed by atoms with Gasteiger partial charge >= 0.3 is 12.1 Å². The van der Waals surface area contributed by atoms with E-state index in [0.29, 0.717) is 6.42 Å². The Balaban J connectivity index is 0. The van der Waals surface area contributed by atoms with Gasteiger partial charge in [0.1, 0.15) is 6.04 Å². The zero-order chi connectivity index (χ0) is 9.56. The number of primary amides is 1. The summed E-state index contributed by atoms with van der Waals surface area (Å²) >= 11 is 1.56. The van der Waals surface area contributed by atoms with Crippen LogP contribution in [0.4, 0.5) is 4.79 Å². The fourth-order valence-electron chi connectivity index (χ4n) is 0.538. The molecule has 1 amide bonds. The van der Waals surface area contributed by atoms with Crippen molar-refractivity contribution >= 4 is 36.2 Å². The van der Waals surface area contributed by atoms with Gasteiger partial charge in [-0.3, -0.25) is 0 Å². The lowest BCUT2D eigenvalue weighted by Gasteiger charge is -2.07. The summed E-state index contributed by atoms with van der Waals surface area (Å²) in [6.07, 6.45) is 1.26. The predicted octanol–water partition coefficient (Wildman–Crippen LogP) is 0.111. The van der Waals surface area contributed by atoms with Crippen LogP contribution in [0.15, 0.2) is 0 Å². The summed E-state index contributed by atoms with van der Waals surface area (Å²) in [6.45, 7) is 0. The molecule has 0 rings (SSSR count). The number of nitrogens with two attached hydrogens (primary N) is 2. The molecule has 5 nitrogen and oxygen atoms in total. The number of carbonyl (C=O) groups excluding carboxylic acids is 2. The molecule has 0 heterocycles. The minimum atomic E-state index is -1.11. The predicted molar refractivity (Wildman–Crippen MR) is 53.9 cm³/mol. The lowest BCUT2D eigenvalue weighted by molar-refractivity contribution is -0.138. The van der Waals surface area contributed by atoms with E-state index in [4.69, 9.17) is 5.73 Å². The fraction of sp³-hybridized carbons (Fsp3) is 0.667. The van der Waals surface area contributed by atoms with Crippen molar-refractivity contribution in [3.63, 3.8) is 0 Å². The number of thioether (sulfide) groups is 1. The summed E-state index contributed by atoms with van der Waals surface area (Å²) in [6, 6.07) is -0.759. The van der Waals surface area contributed by atoms with Crippen LogP contribution in [0.3, 0.4) is 0 Å². The number of hydrogen-bond donors (Lipinski definition) is 2. The third-order valence-electron chi connectivity index (χ3n) is 1.14. The van der Waals surface area contributed by atoms with Gasteiger partial charge < -0.3 is 16.2 Å². The van der Waals surface area contributed by atoms with E-state index in [0.717, 1.165) is 5.75 Å². The molecule has 0 saturated heterocycles. The Kier molecular flexibility index (Phi) is 9.43. The fourth-order valence-corrected chi connectivity index (χ4v) is 1.03. The number of ether oxygens (including phenoxy) is 1. The summed E-state index contributed by atoms with van der Waals surface area (Å²) < 4.78 is 4.07. The second-order valence-corrected chi connectivity index (χ2v) is 3.11. The summed E-state index contributed by atoms with van der Waals surface area (Å²) in [5.74, 6) is -0.0220. The molecule has 1 unspecified atom stereocenters. The summed E-state index contributed by atoms with van der Waals surface area (Å²) in [4.78, 5) is 20.9. The molecule has 13 heavy (non-hydrogen) atoms. The van der Waals surface area contributed by atoms with Gasteiger partial charge in [-0.1, -0.05) is 0 Å². The van der Waals surface area contributed by atoms with Gasteiger partial charge in [-0.2, -0.15) is 11.8 Å². The van der Waals surface area contributed by atoms with Crippen molar-refractivity contribution in [2.45, 2.75) is 12.5 Å². The molecular weight excluding hydrogens is 216 g/mol. The molecule has 0 bridgehead atoms. The van der Waals surface area contributed by atoms with Gasteiger partial charge in [0.2, 0.25) is 0 Å². The summed E-state index contributed by atoms with van der Waals surface area (Å²) in [5.41, 5.74) is 9.97. The second kappa shape index (κ2) is 8.15. The molecule has 0 radical (unpaired) electrons. The quantitative estimate of drug-likeness (QED) is 0.526. The summed E-state index contributed by atoms with van der Waals surface area (Å²) in [5, 5.41) is 0. The normalized spacial score (nSPS) is 11.2. The molecule has 78 valence electrons. The van der Waals surface area contributed by atoms with Crippen molar-refractivity contribution in [2.24, 2.45) is 11.5 Å². The van der Waals surface area contributed by atoms with E-state index >= 15 is 0 Å². The van der Waals surface area contributed by atoms with E-state index in [1.807, 2.05) is 6.26 Å². The Bertz CT molecular complexity index is 179. The van der Waals surface area contributed by atoms with E-state index in [2.05, 4.69) is 10.5 Å². The van der Waals surface area contributed by atoms with Gasteiger partial charge in [0.25, 0.3) is 0 Å². The van der Waals surface area contributed by atoms with Crippen molar-refractivity contribution in [1.29, 1.82) is 0 Å². The molecule has 1 atom stereocenters. The van der Waals surface area contributed by atoms with Crippen LogP contribution < -0.4 is 11.5 Å². The zero-order valence-electron chi connectivity index (χ0n) is 7.19. The summed E-state index contributed by atoms with van der Waals surface area (Å²) in [7, 11) is 0. The van der Waals surface area contributed by atoms with E-state index in [9.17, 15) is 9.59 Å². The highest BCUT2D eigenvalue weighted by Gasteiger charge is 2.16. The first-order valence-corrected chi connectivity index (χ1v) is 4.73. The van der Waals surface area contributed by atoms with Crippen LogP contribution in [0.5, 0.6) is 0 Å². The topological polar surface area (TPSA) is 95.4 Å². The minimum absolute atomic E-state index is 0. The van der Waals surface area contributed by atoms with E-state index in [1.165, 1.54) is 0 Å². The lowest BCUT2D eigenvalue weighted by atomic mass is 10.2. The first-order valence-electron chi connectivity index (χ1n) is 3.33. The first kappa shape index (κ1) is 15.0. The SMILES string of the molecule is CSCCC(N)C(=O)OC(N)=O.Cl. The van der Waals surface area contributed by atoms with Gasteiger partial charge in [0.15, 0.2) is 0 Å². The van der Waals surface area contributed by atoms with E-state index in [1.54, 1.807) is 11.8 Å². The van der Waals surface area contributed by atoms with Crippen LogP contribution in [0.25, 0.3) is 0 Å². The molecule has 0 aliphatic carbocycles. The van der Waals surface area contributed by atoms with Crippen LogP contribution in [-0.2, 0) is 9.53 Å². The van der Waals surface area contributed by atoms with E-state index in [-0.39, 0.29) is 12.4 Å².